The monoisotopic (exact) mass is 270 g/mol. The number of aliphatic carboxylic acids is 1. The summed E-state index contributed by atoms with van der Waals surface area (Å²) in [7, 11) is 0. The first-order valence-corrected chi connectivity index (χ1v) is 6.89. The summed E-state index contributed by atoms with van der Waals surface area (Å²) in [5.41, 5.74) is 6.10. The molecule has 1 rings (SSSR count). The molecular formula is C14H26N2O3. The lowest BCUT2D eigenvalue weighted by Crippen LogP contribution is -2.41. The van der Waals surface area contributed by atoms with E-state index in [2.05, 4.69) is 20.8 Å². The van der Waals surface area contributed by atoms with Gasteiger partial charge in [-0.05, 0) is 25.2 Å². The molecule has 0 bridgehead atoms. The van der Waals surface area contributed by atoms with Crippen LogP contribution in [0.1, 0.15) is 47.0 Å². The van der Waals surface area contributed by atoms with Crippen LogP contribution in [0.15, 0.2) is 0 Å². The minimum Gasteiger partial charge on any atom is -0.481 e. The molecule has 0 aromatic rings. The van der Waals surface area contributed by atoms with Crippen LogP contribution < -0.4 is 5.73 Å². The van der Waals surface area contributed by atoms with E-state index in [0.29, 0.717) is 19.4 Å². The van der Waals surface area contributed by atoms with Crippen LogP contribution in [0, 0.1) is 11.3 Å². The maximum Gasteiger partial charge on any atom is 0.308 e. The second-order valence-electron chi connectivity index (χ2n) is 6.79. The van der Waals surface area contributed by atoms with Crippen molar-refractivity contribution in [2.45, 2.75) is 59.0 Å². The van der Waals surface area contributed by atoms with E-state index in [-0.39, 0.29) is 23.4 Å². The highest BCUT2D eigenvalue weighted by Crippen LogP contribution is 2.26. The Morgan fingerprint density at radius 3 is 2.42 bits per heavy atom. The lowest BCUT2D eigenvalue weighted by Gasteiger charge is -2.27. The molecule has 0 aliphatic carbocycles. The van der Waals surface area contributed by atoms with Crippen LogP contribution in [0.3, 0.4) is 0 Å². The molecule has 3 N–H and O–H groups in total. The fourth-order valence-corrected chi connectivity index (χ4v) is 2.82. The van der Waals surface area contributed by atoms with Gasteiger partial charge in [-0.1, -0.05) is 20.8 Å². The minimum absolute atomic E-state index is 0.0204. The van der Waals surface area contributed by atoms with Crippen LogP contribution in [-0.4, -0.2) is 40.5 Å². The van der Waals surface area contributed by atoms with Gasteiger partial charge in [0.1, 0.15) is 0 Å². The highest BCUT2D eigenvalue weighted by molar-refractivity contribution is 5.79. The summed E-state index contributed by atoms with van der Waals surface area (Å²) in [5.74, 6) is -1.28. The van der Waals surface area contributed by atoms with Gasteiger partial charge in [-0.15, -0.1) is 0 Å². The summed E-state index contributed by atoms with van der Waals surface area (Å²) in [6.45, 7) is 8.61. The number of hydrogen-bond donors (Lipinski definition) is 2. The second kappa shape index (κ2) is 5.90. The number of carbonyl (C=O) groups excluding carboxylic acids is 1. The summed E-state index contributed by atoms with van der Waals surface area (Å²) in [6, 6.07) is -0.393. The highest BCUT2D eigenvalue weighted by Gasteiger charge is 2.38. The van der Waals surface area contributed by atoms with Crippen molar-refractivity contribution in [2.24, 2.45) is 17.1 Å². The first-order valence-electron chi connectivity index (χ1n) is 6.89. The topological polar surface area (TPSA) is 83.6 Å². The zero-order valence-electron chi connectivity index (χ0n) is 12.3. The molecule has 1 heterocycles. The van der Waals surface area contributed by atoms with Gasteiger partial charge in [0.05, 0.1) is 5.92 Å². The molecule has 0 saturated carbocycles. The summed E-state index contributed by atoms with van der Waals surface area (Å²) in [6.07, 6.45) is 1.62. The molecule has 0 aromatic carbocycles. The van der Waals surface area contributed by atoms with Crippen LogP contribution in [0.25, 0.3) is 0 Å². The summed E-state index contributed by atoms with van der Waals surface area (Å²) < 4.78 is 0. The Balaban J connectivity index is 2.53. The Labute approximate surface area is 115 Å². The fourth-order valence-electron chi connectivity index (χ4n) is 2.82. The first kappa shape index (κ1) is 16.0. The second-order valence-corrected chi connectivity index (χ2v) is 6.79. The Kier molecular flexibility index (Phi) is 4.96. The minimum atomic E-state index is -0.818. The number of carbonyl (C=O) groups is 2. The Morgan fingerprint density at radius 1 is 1.42 bits per heavy atom. The Bertz CT molecular complexity index is 349. The van der Waals surface area contributed by atoms with E-state index in [1.165, 1.54) is 0 Å². The number of rotatable bonds is 4. The number of hydrogen-bond acceptors (Lipinski definition) is 3. The summed E-state index contributed by atoms with van der Waals surface area (Å²) in [4.78, 5) is 24.9. The van der Waals surface area contributed by atoms with Crippen molar-refractivity contribution in [1.29, 1.82) is 0 Å². The van der Waals surface area contributed by atoms with Gasteiger partial charge in [0.2, 0.25) is 5.91 Å². The molecule has 1 saturated heterocycles. The van der Waals surface area contributed by atoms with Gasteiger partial charge in [0.25, 0.3) is 0 Å². The molecule has 3 unspecified atom stereocenters. The first-order chi connectivity index (χ1) is 8.61. The van der Waals surface area contributed by atoms with Gasteiger partial charge < -0.3 is 15.7 Å². The van der Waals surface area contributed by atoms with E-state index >= 15 is 0 Å². The maximum absolute atomic E-state index is 12.2. The van der Waals surface area contributed by atoms with E-state index in [1.54, 1.807) is 11.8 Å². The van der Waals surface area contributed by atoms with Crippen molar-refractivity contribution >= 4 is 11.9 Å². The average Bonchev–Trinajstić information content (AvgIpc) is 2.56. The zero-order chi connectivity index (χ0) is 14.8. The van der Waals surface area contributed by atoms with E-state index in [0.717, 1.165) is 6.42 Å². The molecule has 5 nitrogen and oxygen atoms in total. The third kappa shape index (κ3) is 4.49. The van der Waals surface area contributed by atoms with Gasteiger partial charge in [-0.25, -0.2) is 0 Å². The van der Waals surface area contributed by atoms with Crippen LogP contribution in [-0.2, 0) is 9.59 Å². The van der Waals surface area contributed by atoms with E-state index in [1.807, 2.05) is 0 Å². The van der Waals surface area contributed by atoms with Crippen molar-refractivity contribution in [3.63, 3.8) is 0 Å². The average molecular weight is 270 g/mol. The Hall–Kier alpha value is -1.10. The van der Waals surface area contributed by atoms with Crippen LogP contribution in [0.2, 0.25) is 0 Å². The zero-order valence-corrected chi connectivity index (χ0v) is 12.3. The number of nitrogens with zero attached hydrogens (tertiary/aromatic N) is 1. The van der Waals surface area contributed by atoms with Crippen molar-refractivity contribution < 1.29 is 14.7 Å². The van der Waals surface area contributed by atoms with E-state index in [4.69, 9.17) is 10.8 Å². The van der Waals surface area contributed by atoms with Crippen molar-refractivity contribution in [2.75, 3.05) is 6.54 Å². The lowest BCUT2D eigenvalue weighted by atomic mass is 9.87. The largest absolute Gasteiger partial charge is 0.481 e. The summed E-state index contributed by atoms with van der Waals surface area (Å²) in [5, 5.41) is 9.06. The molecule has 1 aliphatic heterocycles. The van der Waals surface area contributed by atoms with E-state index < -0.39 is 11.9 Å². The molecule has 5 heteroatoms. The number of likely N-dealkylation sites (tertiary alicyclic amines) is 1. The number of nitrogens with two attached hydrogens (primary N) is 1. The number of carboxylic acid groups (broad SMARTS) is 1. The van der Waals surface area contributed by atoms with E-state index in [9.17, 15) is 9.59 Å². The maximum atomic E-state index is 12.2. The number of carboxylic acids is 1. The molecule has 3 atom stereocenters. The third-order valence-corrected chi connectivity index (χ3v) is 3.70. The molecule has 19 heavy (non-hydrogen) atoms. The summed E-state index contributed by atoms with van der Waals surface area (Å²) >= 11 is 0. The fraction of sp³-hybridized carbons (Fsp3) is 0.857. The van der Waals surface area contributed by atoms with Crippen molar-refractivity contribution in [3.8, 4) is 0 Å². The van der Waals surface area contributed by atoms with Gasteiger partial charge in [0.15, 0.2) is 0 Å². The molecule has 1 aliphatic rings. The number of amides is 1. The SMILES string of the molecule is CC1C(C(=O)O)CCN1C(=O)CC(N)CC(C)(C)C. The van der Waals surface area contributed by atoms with Gasteiger partial charge in [-0.2, -0.15) is 0 Å². The standard InChI is InChI=1S/C14H26N2O3/c1-9-11(13(18)19)5-6-16(9)12(17)7-10(15)8-14(2,3)4/h9-11H,5-8,15H2,1-4H3,(H,18,19). The smallest absolute Gasteiger partial charge is 0.308 e. The van der Waals surface area contributed by atoms with Crippen molar-refractivity contribution in [1.82, 2.24) is 4.90 Å². The third-order valence-electron chi connectivity index (χ3n) is 3.70. The van der Waals surface area contributed by atoms with Crippen LogP contribution in [0.5, 0.6) is 0 Å². The molecular weight excluding hydrogens is 244 g/mol. The van der Waals surface area contributed by atoms with Gasteiger partial charge in [-0.3, -0.25) is 9.59 Å². The van der Waals surface area contributed by atoms with Crippen LogP contribution >= 0.6 is 0 Å². The predicted molar refractivity (Wildman–Crippen MR) is 73.6 cm³/mol. The molecule has 0 aromatic heterocycles. The normalized spacial score (nSPS) is 25.4. The van der Waals surface area contributed by atoms with Crippen molar-refractivity contribution in [3.05, 3.63) is 0 Å². The molecule has 0 spiro atoms. The van der Waals surface area contributed by atoms with Gasteiger partial charge >= 0.3 is 5.97 Å². The Morgan fingerprint density at radius 2 is 2.00 bits per heavy atom. The van der Waals surface area contributed by atoms with Crippen LogP contribution in [0.4, 0.5) is 0 Å². The molecule has 1 amide bonds. The molecule has 110 valence electrons. The predicted octanol–water partition coefficient (Wildman–Crippen LogP) is 1.46. The molecule has 0 radical (unpaired) electrons. The lowest BCUT2D eigenvalue weighted by molar-refractivity contribution is -0.143. The quantitative estimate of drug-likeness (QED) is 0.810. The van der Waals surface area contributed by atoms with Gasteiger partial charge in [0, 0.05) is 25.0 Å². The molecule has 1 fully saturated rings. The highest BCUT2D eigenvalue weighted by atomic mass is 16.4.